The van der Waals surface area contributed by atoms with Gasteiger partial charge in [0.1, 0.15) is 17.6 Å². The van der Waals surface area contributed by atoms with Gasteiger partial charge in [-0.05, 0) is 31.9 Å². The van der Waals surface area contributed by atoms with Crippen molar-refractivity contribution >= 4 is 17.6 Å². The molecule has 26 heavy (non-hydrogen) atoms. The van der Waals surface area contributed by atoms with Crippen molar-refractivity contribution in [2.75, 3.05) is 18.4 Å². The van der Waals surface area contributed by atoms with Crippen LogP contribution in [-0.2, 0) is 9.59 Å². The summed E-state index contributed by atoms with van der Waals surface area (Å²) < 4.78 is 11.0. The summed E-state index contributed by atoms with van der Waals surface area (Å²) in [6.45, 7) is 6.73. The Kier molecular flexibility index (Phi) is 5.25. The quantitative estimate of drug-likeness (QED) is 0.854. The number of nitrogens with zero attached hydrogens (tertiary/aromatic N) is 2. The molecule has 7 heteroatoms. The molecule has 1 fully saturated rings. The Morgan fingerprint density at radius 2 is 1.85 bits per heavy atom. The molecule has 0 atom stereocenters. The van der Waals surface area contributed by atoms with Crippen molar-refractivity contribution in [3.05, 3.63) is 41.2 Å². The van der Waals surface area contributed by atoms with Gasteiger partial charge in [-0.3, -0.25) is 14.9 Å². The normalized spacial score (nSPS) is 15.0. The van der Waals surface area contributed by atoms with E-state index in [1.807, 2.05) is 32.0 Å². The molecule has 2 amide bonds. The highest BCUT2D eigenvalue weighted by Crippen LogP contribution is 2.26. The molecule has 2 heterocycles. The number of carbonyl (C=O) groups is 2. The van der Waals surface area contributed by atoms with Gasteiger partial charge in [-0.15, -0.1) is 0 Å². The predicted octanol–water partition coefficient (Wildman–Crippen LogP) is 2.61. The summed E-state index contributed by atoms with van der Waals surface area (Å²) in [6, 6.07) is 7.62. The van der Waals surface area contributed by atoms with Crippen LogP contribution in [0.1, 0.15) is 29.7 Å². The molecule has 1 N–H and O–H groups in total. The minimum atomic E-state index is -0.701. The van der Waals surface area contributed by atoms with E-state index in [1.165, 1.54) is 0 Å². The lowest BCUT2D eigenvalue weighted by Gasteiger charge is -2.32. The van der Waals surface area contributed by atoms with Crippen LogP contribution in [0, 0.1) is 20.8 Å². The molecule has 7 nitrogen and oxygen atoms in total. The Morgan fingerprint density at radius 1 is 1.19 bits per heavy atom. The molecule has 0 radical (unpaired) electrons. The first-order chi connectivity index (χ1) is 12.4. The van der Waals surface area contributed by atoms with Crippen LogP contribution < -0.4 is 10.1 Å². The van der Waals surface area contributed by atoms with E-state index < -0.39 is 11.8 Å². The number of para-hydroxylation sites is 1. The first-order valence-corrected chi connectivity index (χ1v) is 8.70. The van der Waals surface area contributed by atoms with Gasteiger partial charge in [0.25, 0.3) is 0 Å². The van der Waals surface area contributed by atoms with E-state index in [0.29, 0.717) is 31.7 Å². The topological polar surface area (TPSA) is 84.7 Å². The lowest BCUT2D eigenvalue weighted by Crippen LogP contribution is -2.46. The first-order valence-electron chi connectivity index (χ1n) is 8.70. The molecular weight excluding hydrogens is 334 g/mol. The van der Waals surface area contributed by atoms with Crippen LogP contribution in [0.15, 0.2) is 28.8 Å². The van der Waals surface area contributed by atoms with Crippen molar-refractivity contribution < 1.29 is 18.8 Å². The Labute approximate surface area is 152 Å². The Hall–Kier alpha value is -2.83. The van der Waals surface area contributed by atoms with Crippen molar-refractivity contribution in [3.63, 3.8) is 0 Å². The van der Waals surface area contributed by atoms with Gasteiger partial charge in [0.05, 0.1) is 0 Å². The van der Waals surface area contributed by atoms with Crippen LogP contribution in [0.25, 0.3) is 0 Å². The number of piperidine rings is 1. The predicted molar refractivity (Wildman–Crippen MR) is 96.0 cm³/mol. The Balaban J connectivity index is 1.53. The number of nitrogens with one attached hydrogen (secondary N) is 1. The summed E-state index contributed by atoms with van der Waals surface area (Å²) in [5, 5.41) is 6.12. The second-order valence-corrected chi connectivity index (χ2v) is 6.61. The molecule has 0 spiro atoms. The zero-order valence-corrected chi connectivity index (χ0v) is 15.2. The standard InChI is InChI=1S/C19H23N3O4/c1-12-5-4-6-13(2)17(12)25-15-7-9-22(10-8-15)19(24)18(23)20-16-11-14(3)26-21-16/h4-6,11,15H,7-10H2,1-3H3,(H,20,21,23). The van der Waals surface area contributed by atoms with Gasteiger partial charge in [-0.1, -0.05) is 23.4 Å². The van der Waals surface area contributed by atoms with E-state index >= 15 is 0 Å². The van der Waals surface area contributed by atoms with Crippen molar-refractivity contribution in [1.82, 2.24) is 10.1 Å². The number of hydrogen-bond donors (Lipinski definition) is 1. The molecule has 138 valence electrons. The second-order valence-electron chi connectivity index (χ2n) is 6.61. The average molecular weight is 357 g/mol. The van der Waals surface area contributed by atoms with Crippen LogP contribution in [0.5, 0.6) is 5.75 Å². The van der Waals surface area contributed by atoms with Gasteiger partial charge in [0, 0.05) is 32.0 Å². The maximum Gasteiger partial charge on any atom is 0.315 e. The van der Waals surface area contributed by atoms with E-state index in [0.717, 1.165) is 16.9 Å². The number of aromatic nitrogens is 1. The van der Waals surface area contributed by atoms with E-state index in [4.69, 9.17) is 9.26 Å². The monoisotopic (exact) mass is 357 g/mol. The number of carbonyl (C=O) groups excluding carboxylic acids is 2. The van der Waals surface area contributed by atoms with Crippen molar-refractivity contribution in [2.24, 2.45) is 0 Å². The van der Waals surface area contributed by atoms with Gasteiger partial charge >= 0.3 is 11.8 Å². The summed E-state index contributed by atoms with van der Waals surface area (Å²) in [6.07, 6.45) is 1.42. The van der Waals surface area contributed by atoms with Crippen LogP contribution in [0.3, 0.4) is 0 Å². The number of rotatable bonds is 3. The van der Waals surface area contributed by atoms with Crippen molar-refractivity contribution in [3.8, 4) is 5.75 Å². The van der Waals surface area contributed by atoms with Crippen LogP contribution in [-0.4, -0.2) is 41.1 Å². The zero-order chi connectivity index (χ0) is 18.7. The third-order valence-electron chi connectivity index (χ3n) is 4.49. The average Bonchev–Trinajstić information content (AvgIpc) is 3.03. The number of amides is 2. The lowest BCUT2D eigenvalue weighted by atomic mass is 10.1. The fraction of sp³-hybridized carbons (Fsp3) is 0.421. The smallest absolute Gasteiger partial charge is 0.315 e. The van der Waals surface area contributed by atoms with Crippen molar-refractivity contribution in [1.29, 1.82) is 0 Å². The van der Waals surface area contributed by atoms with Gasteiger partial charge in [-0.25, -0.2) is 0 Å². The highest BCUT2D eigenvalue weighted by molar-refractivity contribution is 6.39. The minimum Gasteiger partial charge on any atom is -0.490 e. The highest BCUT2D eigenvalue weighted by Gasteiger charge is 2.28. The number of hydrogen-bond acceptors (Lipinski definition) is 5. The summed E-state index contributed by atoms with van der Waals surface area (Å²) in [4.78, 5) is 25.9. The van der Waals surface area contributed by atoms with E-state index in [9.17, 15) is 9.59 Å². The molecule has 1 aliphatic heterocycles. The Bertz CT molecular complexity index is 787. The molecule has 1 aromatic carbocycles. The number of anilines is 1. The summed E-state index contributed by atoms with van der Waals surface area (Å²) in [5.74, 6) is 0.464. The Morgan fingerprint density at radius 3 is 2.42 bits per heavy atom. The maximum atomic E-state index is 12.3. The molecule has 0 saturated carbocycles. The van der Waals surface area contributed by atoms with Crippen molar-refractivity contribution in [2.45, 2.75) is 39.7 Å². The number of benzene rings is 1. The van der Waals surface area contributed by atoms with E-state index in [-0.39, 0.29) is 11.9 Å². The number of aryl methyl sites for hydroxylation is 3. The molecule has 0 bridgehead atoms. The summed E-state index contributed by atoms with van der Waals surface area (Å²) >= 11 is 0. The number of ether oxygens (including phenoxy) is 1. The molecule has 1 aromatic heterocycles. The molecule has 1 saturated heterocycles. The summed E-state index contributed by atoms with van der Waals surface area (Å²) in [7, 11) is 0. The third-order valence-corrected chi connectivity index (χ3v) is 4.49. The zero-order valence-electron chi connectivity index (χ0n) is 15.2. The molecular formula is C19H23N3O4. The largest absolute Gasteiger partial charge is 0.490 e. The van der Waals surface area contributed by atoms with E-state index in [2.05, 4.69) is 10.5 Å². The van der Waals surface area contributed by atoms with Crippen LogP contribution in [0.2, 0.25) is 0 Å². The minimum absolute atomic E-state index is 0.0418. The third kappa shape index (κ3) is 4.04. The fourth-order valence-electron chi connectivity index (χ4n) is 3.07. The molecule has 0 aliphatic carbocycles. The molecule has 3 rings (SSSR count). The molecule has 2 aromatic rings. The van der Waals surface area contributed by atoms with Gasteiger partial charge in [0.15, 0.2) is 5.82 Å². The van der Waals surface area contributed by atoms with Gasteiger partial charge in [-0.2, -0.15) is 0 Å². The maximum absolute atomic E-state index is 12.3. The molecule has 1 aliphatic rings. The SMILES string of the molecule is Cc1cc(NC(=O)C(=O)N2CCC(Oc3c(C)cccc3C)CC2)no1. The fourth-order valence-corrected chi connectivity index (χ4v) is 3.07. The van der Waals surface area contributed by atoms with Gasteiger partial charge < -0.3 is 14.2 Å². The lowest BCUT2D eigenvalue weighted by molar-refractivity contribution is -0.144. The molecule has 0 unspecified atom stereocenters. The highest BCUT2D eigenvalue weighted by atomic mass is 16.5. The van der Waals surface area contributed by atoms with Gasteiger partial charge in [0.2, 0.25) is 0 Å². The first kappa shape index (κ1) is 18.0. The summed E-state index contributed by atoms with van der Waals surface area (Å²) in [5.41, 5.74) is 2.21. The number of likely N-dealkylation sites (tertiary alicyclic amines) is 1. The van der Waals surface area contributed by atoms with Crippen LogP contribution in [0.4, 0.5) is 5.82 Å². The van der Waals surface area contributed by atoms with Crippen LogP contribution >= 0.6 is 0 Å². The van der Waals surface area contributed by atoms with E-state index in [1.54, 1.807) is 17.9 Å². The second kappa shape index (κ2) is 7.59.